The van der Waals surface area contributed by atoms with Gasteiger partial charge in [0.05, 0.1) is 12.8 Å². The Bertz CT molecular complexity index is 334. The van der Waals surface area contributed by atoms with E-state index >= 15 is 0 Å². The van der Waals surface area contributed by atoms with E-state index in [9.17, 15) is 0 Å². The fraction of sp³-hybridized carbons (Fsp3) is 0.692. The summed E-state index contributed by atoms with van der Waals surface area (Å²) in [4.78, 5) is 2.55. The lowest BCUT2D eigenvalue weighted by Crippen LogP contribution is -2.33. The molecule has 0 radical (unpaired) electrons. The van der Waals surface area contributed by atoms with Crippen molar-refractivity contribution in [1.82, 2.24) is 4.90 Å². The molecular weight excluding hydrogens is 200 g/mol. The number of furan rings is 1. The van der Waals surface area contributed by atoms with Gasteiger partial charge in [-0.1, -0.05) is 6.92 Å². The maximum Gasteiger partial charge on any atom is 0.118 e. The first kappa shape index (κ1) is 11.7. The van der Waals surface area contributed by atoms with Crippen molar-refractivity contribution in [3.8, 4) is 0 Å². The van der Waals surface area contributed by atoms with Gasteiger partial charge in [0.25, 0.3) is 0 Å². The number of rotatable bonds is 4. The molecule has 0 saturated carbocycles. The normalized spacial score (nSPS) is 26.4. The highest BCUT2D eigenvalue weighted by molar-refractivity contribution is 5.12. The summed E-state index contributed by atoms with van der Waals surface area (Å²) in [5.41, 5.74) is 6.67. The third-order valence-corrected chi connectivity index (χ3v) is 3.71. The minimum atomic E-state index is 0.566. The molecule has 2 N–H and O–H groups in total. The van der Waals surface area contributed by atoms with E-state index in [4.69, 9.17) is 10.2 Å². The van der Waals surface area contributed by atoms with Crippen LogP contribution in [0.2, 0.25) is 0 Å². The molecule has 1 aromatic rings. The van der Waals surface area contributed by atoms with Crippen LogP contribution in [0.5, 0.6) is 0 Å². The fourth-order valence-electron chi connectivity index (χ4n) is 2.64. The third-order valence-electron chi connectivity index (χ3n) is 3.71. The van der Waals surface area contributed by atoms with Gasteiger partial charge in [-0.25, -0.2) is 0 Å². The Morgan fingerprint density at radius 2 is 2.31 bits per heavy atom. The Balaban J connectivity index is 2.02. The molecule has 0 bridgehead atoms. The van der Waals surface area contributed by atoms with Crippen LogP contribution < -0.4 is 5.73 Å². The van der Waals surface area contributed by atoms with Crippen molar-refractivity contribution in [3.05, 3.63) is 23.7 Å². The Morgan fingerprint density at radius 1 is 1.50 bits per heavy atom. The molecule has 3 nitrogen and oxygen atoms in total. The number of nitrogens with zero attached hydrogens (tertiary/aromatic N) is 1. The van der Waals surface area contributed by atoms with Crippen LogP contribution in [-0.2, 0) is 13.1 Å². The highest BCUT2D eigenvalue weighted by Crippen LogP contribution is 2.28. The third kappa shape index (κ3) is 2.30. The van der Waals surface area contributed by atoms with Gasteiger partial charge >= 0.3 is 0 Å². The monoisotopic (exact) mass is 222 g/mol. The lowest BCUT2D eigenvalue weighted by molar-refractivity contribution is 0.175. The molecule has 1 fully saturated rings. The maximum atomic E-state index is 5.58. The predicted molar refractivity (Wildman–Crippen MR) is 64.9 cm³/mol. The van der Waals surface area contributed by atoms with Crippen LogP contribution in [0.1, 0.15) is 44.4 Å². The van der Waals surface area contributed by atoms with E-state index in [2.05, 4.69) is 24.8 Å². The van der Waals surface area contributed by atoms with Crippen molar-refractivity contribution in [2.45, 2.75) is 58.3 Å². The van der Waals surface area contributed by atoms with Gasteiger partial charge in [0.15, 0.2) is 0 Å². The quantitative estimate of drug-likeness (QED) is 0.851. The Morgan fingerprint density at radius 3 is 2.94 bits per heavy atom. The van der Waals surface area contributed by atoms with Gasteiger partial charge in [0, 0.05) is 24.2 Å². The molecule has 1 aliphatic heterocycles. The molecule has 0 amide bonds. The van der Waals surface area contributed by atoms with Gasteiger partial charge in [-0.15, -0.1) is 0 Å². The lowest BCUT2D eigenvalue weighted by Gasteiger charge is -2.26. The van der Waals surface area contributed by atoms with E-state index < -0.39 is 0 Å². The number of hydrogen-bond acceptors (Lipinski definition) is 3. The van der Waals surface area contributed by atoms with Crippen molar-refractivity contribution in [2.75, 3.05) is 0 Å². The zero-order chi connectivity index (χ0) is 11.5. The van der Waals surface area contributed by atoms with Crippen LogP contribution in [0, 0.1) is 0 Å². The number of hydrogen-bond donors (Lipinski definition) is 1. The smallest absolute Gasteiger partial charge is 0.118 e. The van der Waals surface area contributed by atoms with E-state index in [1.807, 2.05) is 0 Å². The molecule has 1 aliphatic rings. The van der Waals surface area contributed by atoms with Crippen LogP contribution in [0.4, 0.5) is 0 Å². The first-order valence-corrected chi connectivity index (χ1v) is 6.26. The van der Waals surface area contributed by atoms with E-state index in [1.165, 1.54) is 19.3 Å². The van der Waals surface area contributed by atoms with Crippen molar-refractivity contribution in [2.24, 2.45) is 5.73 Å². The predicted octanol–water partition coefficient (Wildman–Crippen LogP) is 2.50. The molecular formula is C13H22N2O. The summed E-state index contributed by atoms with van der Waals surface area (Å²) in [6, 6.07) is 3.48. The SMILES string of the molecule is CCC1CCC(C)N1Cc1cc(CN)co1. The average molecular weight is 222 g/mol. The standard InChI is InChI=1S/C13H22N2O/c1-3-12-5-4-10(2)15(12)8-13-6-11(7-14)9-16-13/h6,9-10,12H,3-5,7-8,14H2,1-2H3. The molecule has 0 aliphatic carbocycles. The van der Waals surface area contributed by atoms with Crippen LogP contribution in [0.25, 0.3) is 0 Å². The van der Waals surface area contributed by atoms with E-state index in [1.54, 1.807) is 6.26 Å². The van der Waals surface area contributed by atoms with Crippen molar-refractivity contribution in [3.63, 3.8) is 0 Å². The van der Waals surface area contributed by atoms with Gasteiger partial charge < -0.3 is 10.2 Å². The molecule has 1 aromatic heterocycles. The number of nitrogens with two attached hydrogens (primary N) is 1. The fourth-order valence-corrected chi connectivity index (χ4v) is 2.64. The van der Waals surface area contributed by atoms with Gasteiger partial charge in [0.2, 0.25) is 0 Å². The molecule has 2 rings (SSSR count). The largest absolute Gasteiger partial charge is 0.468 e. The highest BCUT2D eigenvalue weighted by atomic mass is 16.3. The Kier molecular flexibility index (Phi) is 3.66. The molecule has 0 spiro atoms. The molecule has 2 unspecified atom stereocenters. The van der Waals surface area contributed by atoms with Crippen molar-refractivity contribution in [1.29, 1.82) is 0 Å². The Hall–Kier alpha value is -0.800. The lowest BCUT2D eigenvalue weighted by atomic mass is 10.1. The summed E-state index contributed by atoms with van der Waals surface area (Å²) >= 11 is 0. The number of likely N-dealkylation sites (tertiary alicyclic amines) is 1. The van der Waals surface area contributed by atoms with Crippen LogP contribution in [0.3, 0.4) is 0 Å². The molecule has 3 heteroatoms. The molecule has 0 aromatic carbocycles. The van der Waals surface area contributed by atoms with Crippen molar-refractivity contribution >= 4 is 0 Å². The first-order valence-electron chi connectivity index (χ1n) is 6.26. The minimum absolute atomic E-state index is 0.566. The topological polar surface area (TPSA) is 42.4 Å². The summed E-state index contributed by atoms with van der Waals surface area (Å²) in [6.45, 7) is 6.07. The molecule has 16 heavy (non-hydrogen) atoms. The Labute approximate surface area is 97.6 Å². The van der Waals surface area contributed by atoms with Gasteiger partial charge in [-0.05, 0) is 32.3 Å². The second-order valence-electron chi connectivity index (χ2n) is 4.79. The van der Waals surface area contributed by atoms with Gasteiger partial charge in [0.1, 0.15) is 5.76 Å². The summed E-state index contributed by atoms with van der Waals surface area (Å²) in [6.07, 6.45) is 5.64. The van der Waals surface area contributed by atoms with Gasteiger partial charge in [-0.2, -0.15) is 0 Å². The highest BCUT2D eigenvalue weighted by Gasteiger charge is 2.29. The summed E-state index contributed by atoms with van der Waals surface area (Å²) in [5, 5.41) is 0. The molecule has 2 heterocycles. The first-order chi connectivity index (χ1) is 7.74. The van der Waals surface area contributed by atoms with Crippen LogP contribution >= 0.6 is 0 Å². The summed E-state index contributed by atoms with van der Waals surface area (Å²) in [7, 11) is 0. The minimum Gasteiger partial charge on any atom is -0.468 e. The summed E-state index contributed by atoms with van der Waals surface area (Å²) < 4.78 is 5.54. The maximum absolute atomic E-state index is 5.58. The molecule has 90 valence electrons. The second kappa shape index (κ2) is 5.02. The average Bonchev–Trinajstić information content (AvgIpc) is 2.88. The molecule has 1 saturated heterocycles. The second-order valence-corrected chi connectivity index (χ2v) is 4.79. The molecule has 2 atom stereocenters. The summed E-state index contributed by atoms with van der Waals surface area (Å²) in [5.74, 6) is 1.05. The van der Waals surface area contributed by atoms with E-state index in [-0.39, 0.29) is 0 Å². The van der Waals surface area contributed by atoms with Gasteiger partial charge in [-0.3, -0.25) is 4.90 Å². The van der Waals surface area contributed by atoms with Crippen LogP contribution in [0.15, 0.2) is 16.7 Å². The zero-order valence-corrected chi connectivity index (χ0v) is 10.3. The van der Waals surface area contributed by atoms with Crippen LogP contribution in [-0.4, -0.2) is 17.0 Å². The zero-order valence-electron chi connectivity index (χ0n) is 10.3. The van der Waals surface area contributed by atoms with Crippen molar-refractivity contribution < 1.29 is 4.42 Å². The van der Waals surface area contributed by atoms with E-state index in [0.29, 0.717) is 12.6 Å². The van der Waals surface area contributed by atoms with E-state index in [0.717, 1.165) is 23.9 Å².